The van der Waals surface area contributed by atoms with Crippen LogP contribution >= 0.6 is 0 Å². The molecule has 0 bridgehead atoms. The Hall–Kier alpha value is -2.47. The normalized spacial score (nSPS) is 15.9. The van der Waals surface area contributed by atoms with Crippen LogP contribution in [0.1, 0.15) is 18.5 Å². The van der Waals surface area contributed by atoms with Crippen molar-refractivity contribution in [1.29, 1.82) is 0 Å². The van der Waals surface area contributed by atoms with Crippen LogP contribution in [-0.4, -0.2) is 60.8 Å². The fourth-order valence-corrected chi connectivity index (χ4v) is 3.31. The number of fused-ring (bicyclic) bond motifs is 1. The van der Waals surface area contributed by atoms with Gasteiger partial charge in [0.2, 0.25) is 5.91 Å². The number of benzene rings is 1. The second-order valence-electron chi connectivity index (χ2n) is 7.09. The summed E-state index contributed by atoms with van der Waals surface area (Å²) in [5.41, 5.74) is 0.955. The molecule has 1 N–H and O–H groups in total. The zero-order valence-electron chi connectivity index (χ0n) is 15.8. The molecule has 1 aliphatic heterocycles. The summed E-state index contributed by atoms with van der Waals surface area (Å²) in [4.78, 5) is 16.3. The monoisotopic (exact) mass is 353 g/mol. The number of piperidine rings is 1. The first-order chi connectivity index (χ1) is 12.5. The Kier molecular flexibility index (Phi) is 5.83. The molecule has 0 spiro atoms. The average Bonchev–Trinajstić information content (AvgIpc) is 2.63. The quantitative estimate of drug-likeness (QED) is 0.835. The lowest BCUT2D eigenvalue weighted by Gasteiger charge is -2.33. The van der Waals surface area contributed by atoms with Crippen LogP contribution in [0.15, 0.2) is 36.4 Å². The van der Waals surface area contributed by atoms with Crippen molar-refractivity contribution < 1.29 is 4.79 Å². The first-order valence-corrected chi connectivity index (χ1v) is 9.13. The average molecular weight is 353 g/mol. The van der Waals surface area contributed by atoms with Gasteiger partial charge in [0, 0.05) is 42.5 Å². The smallest absolute Gasteiger partial charge is 0.243 e. The molecule has 3 rings (SSSR count). The molecule has 1 amide bonds. The summed E-state index contributed by atoms with van der Waals surface area (Å²) in [5.74, 6) is 0.938. The molecule has 1 aromatic carbocycles. The minimum atomic E-state index is -0.00845. The van der Waals surface area contributed by atoms with Gasteiger partial charge in [-0.25, -0.2) is 0 Å². The zero-order valence-corrected chi connectivity index (χ0v) is 15.8. The molecular formula is C20H27N5O. The van der Waals surface area contributed by atoms with Gasteiger partial charge in [0.15, 0.2) is 5.82 Å². The van der Waals surface area contributed by atoms with Gasteiger partial charge in [-0.3, -0.25) is 4.79 Å². The maximum Gasteiger partial charge on any atom is 0.243 e. The van der Waals surface area contributed by atoms with Crippen molar-refractivity contribution in [2.45, 2.75) is 25.8 Å². The topological polar surface area (TPSA) is 61.4 Å². The number of rotatable bonds is 5. The lowest BCUT2D eigenvalue weighted by atomic mass is 10.0. The molecule has 1 saturated heterocycles. The van der Waals surface area contributed by atoms with E-state index in [1.807, 2.05) is 44.1 Å². The lowest BCUT2D eigenvalue weighted by Crippen LogP contribution is -2.44. The van der Waals surface area contributed by atoms with Crippen molar-refractivity contribution >= 4 is 22.5 Å². The highest BCUT2D eigenvalue weighted by atomic mass is 16.1. The predicted molar refractivity (Wildman–Crippen MR) is 105 cm³/mol. The van der Waals surface area contributed by atoms with Crippen molar-refractivity contribution in [2.75, 3.05) is 38.6 Å². The fourth-order valence-electron chi connectivity index (χ4n) is 3.31. The minimum Gasteiger partial charge on any atom is -0.354 e. The zero-order chi connectivity index (χ0) is 18.5. The summed E-state index contributed by atoms with van der Waals surface area (Å²) in [6.45, 7) is 4.50. The number of aryl methyl sites for hydroxylation is 1. The molecule has 0 aliphatic carbocycles. The van der Waals surface area contributed by atoms with Gasteiger partial charge in [-0.1, -0.05) is 30.3 Å². The van der Waals surface area contributed by atoms with Crippen LogP contribution in [-0.2, 0) is 4.79 Å². The summed E-state index contributed by atoms with van der Waals surface area (Å²) in [6.07, 6.45) is 5.35. The number of hydrogen-bond donors (Lipinski definition) is 1. The second kappa shape index (κ2) is 8.27. The Morgan fingerprint density at radius 3 is 2.62 bits per heavy atom. The predicted octanol–water partition coefficient (Wildman–Crippen LogP) is 2.14. The maximum absolute atomic E-state index is 12.0. The molecular weight excluding hydrogens is 326 g/mol. The maximum atomic E-state index is 12.0. The lowest BCUT2D eigenvalue weighted by molar-refractivity contribution is -0.117. The number of likely N-dealkylation sites (N-methyl/N-ethyl adjacent to an activating group) is 1. The molecule has 6 nitrogen and oxygen atoms in total. The number of nitrogens with zero attached hydrogens (tertiary/aromatic N) is 4. The van der Waals surface area contributed by atoms with Gasteiger partial charge in [-0.05, 0) is 33.9 Å². The van der Waals surface area contributed by atoms with Gasteiger partial charge in [-0.2, -0.15) is 5.10 Å². The molecule has 2 aromatic rings. The number of aromatic nitrogens is 2. The van der Waals surface area contributed by atoms with E-state index in [4.69, 9.17) is 0 Å². The molecule has 0 unspecified atom stereocenters. The summed E-state index contributed by atoms with van der Waals surface area (Å²) < 4.78 is 0. The molecule has 0 saturated carbocycles. The van der Waals surface area contributed by atoms with Gasteiger partial charge in [-0.15, -0.1) is 5.10 Å². The Bertz CT molecular complexity index is 794. The molecule has 0 radical (unpaired) electrons. The molecule has 138 valence electrons. The van der Waals surface area contributed by atoms with Crippen LogP contribution in [0.25, 0.3) is 10.8 Å². The van der Waals surface area contributed by atoms with Gasteiger partial charge >= 0.3 is 0 Å². The Balaban J connectivity index is 1.60. The molecule has 0 atom stereocenters. The van der Waals surface area contributed by atoms with Crippen molar-refractivity contribution in [3.63, 3.8) is 0 Å². The minimum absolute atomic E-state index is 0.00845. The summed E-state index contributed by atoms with van der Waals surface area (Å²) in [7, 11) is 3.96. The van der Waals surface area contributed by atoms with E-state index in [0.717, 1.165) is 54.8 Å². The first-order valence-electron chi connectivity index (χ1n) is 9.13. The van der Waals surface area contributed by atoms with Gasteiger partial charge in [0.25, 0.3) is 0 Å². The van der Waals surface area contributed by atoms with Crippen molar-refractivity contribution in [2.24, 2.45) is 0 Å². The Morgan fingerprint density at radius 1 is 1.23 bits per heavy atom. The van der Waals surface area contributed by atoms with E-state index in [1.165, 1.54) is 0 Å². The SMILES string of the molecule is Cc1nnc(N2CCC(NC(=O)/C=C/CN(C)C)CC2)c2ccccc12. The van der Waals surface area contributed by atoms with E-state index in [2.05, 4.69) is 32.5 Å². The third-order valence-electron chi connectivity index (χ3n) is 4.73. The van der Waals surface area contributed by atoms with E-state index < -0.39 is 0 Å². The largest absolute Gasteiger partial charge is 0.354 e. The standard InChI is InChI=1S/C20H27N5O/c1-15-17-7-4-5-8-18(17)20(23-22-15)25-13-10-16(11-14-25)21-19(26)9-6-12-24(2)3/h4-9,16H,10-14H2,1-3H3,(H,21,26)/b9-6+. The Morgan fingerprint density at radius 2 is 1.92 bits per heavy atom. The van der Waals surface area contributed by atoms with E-state index in [1.54, 1.807) is 6.08 Å². The van der Waals surface area contributed by atoms with Crippen LogP contribution < -0.4 is 10.2 Å². The molecule has 6 heteroatoms. The highest BCUT2D eigenvalue weighted by Gasteiger charge is 2.22. The van der Waals surface area contributed by atoms with Crippen molar-refractivity contribution in [1.82, 2.24) is 20.4 Å². The summed E-state index contributed by atoms with van der Waals surface area (Å²) in [5, 5.41) is 14.2. The fraction of sp³-hybridized carbons (Fsp3) is 0.450. The number of carbonyl (C=O) groups is 1. The molecule has 1 fully saturated rings. The molecule has 1 aliphatic rings. The van der Waals surface area contributed by atoms with Crippen LogP contribution in [0.3, 0.4) is 0 Å². The second-order valence-corrected chi connectivity index (χ2v) is 7.09. The number of nitrogens with one attached hydrogen (secondary N) is 1. The highest BCUT2D eigenvalue weighted by molar-refractivity contribution is 5.93. The van der Waals surface area contributed by atoms with E-state index in [-0.39, 0.29) is 11.9 Å². The highest BCUT2D eigenvalue weighted by Crippen LogP contribution is 2.27. The van der Waals surface area contributed by atoms with Crippen LogP contribution in [0.2, 0.25) is 0 Å². The van der Waals surface area contributed by atoms with Crippen molar-refractivity contribution in [3.05, 3.63) is 42.1 Å². The number of anilines is 1. The number of amides is 1. The third-order valence-corrected chi connectivity index (χ3v) is 4.73. The van der Waals surface area contributed by atoms with E-state index >= 15 is 0 Å². The summed E-state index contributed by atoms with van der Waals surface area (Å²) >= 11 is 0. The first kappa shape index (κ1) is 18.3. The van der Waals surface area contributed by atoms with Gasteiger partial charge in [0.05, 0.1) is 5.69 Å². The van der Waals surface area contributed by atoms with Crippen LogP contribution in [0.4, 0.5) is 5.82 Å². The number of carbonyl (C=O) groups excluding carboxylic acids is 1. The van der Waals surface area contributed by atoms with Crippen molar-refractivity contribution in [3.8, 4) is 0 Å². The van der Waals surface area contributed by atoms with E-state index in [0.29, 0.717) is 0 Å². The molecule has 2 heterocycles. The number of hydrogen-bond acceptors (Lipinski definition) is 5. The molecule has 1 aromatic heterocycles. The third kappa shape index (κ3) is 4.38. The van der Waals surface area contributed by atoms with Crippen LogP contribution in [0.5, 0.6) is 0 Å². The Labute approximate surface area is 154 Å². The van der Waals surface area contributed by atoms with Gasteiger partial charge < -0.3 is 15.1 Å². The van der Waals surface area contributed by atoms with E-state index in [9.17, 15) is 4.79 Å². The van der Waals surface area contributed by atoms with Crippen LogP contribution in [0, 0.1) is 6.92 Å². The molecule has 26 heavy (non-hydrogen) atoms. The van der Waals surface area contributed by atoms with Gasteiger partial charge in [0.1, 0.15) is 0 Å². The summed E-state index contributed by atoms with van der Waals surface area (Å²) in [6, 6.07) is 8.49.